The summed E-state index contributed by atoms with van der Waals surface area (Å²) in [7, 11) is -5.09. The van der Waals surface area contributed by atoms with Gasteiger partial charge >= 0.3 is 0 Å². The number of carbonyl (C=O) groups is 3. The molecule has 11 rings (SSSR count). The van der Waals surface area contributed by atoms with Crippen molar-refractivity contribution in [3.8, 4) is 33.8 Å². The first kappa shape index (κ1) is 47.6. The Labute approximate surface area is 418 Å². The summed E-state index contributed by atoms with van der Waals surface area (Å²) in [4.78, 5) is 41.8. The maximum absolute atomic E-state index is 15.2. The van der Waals surface area contributed by atoms with Crippen molar-refractivity contribution in [3.63, 3.8) is 0 Å². The molecule has 0 saturated heterocycles. The van der Waals surface area contributed by atoms with Crippen LogP contribution in [0.3, 0.4) is 0 Å². The highest BCUT2D eigenvalue weighted by atomic mass is 32.3. The van der Waals surface area contributed by atoms with Crippen molar-refractivity contribution in [2.24, 2.45) is 35.5 Å². The van der Waals surface area contributed by atoms with Gasteiger partial charge in [-0.25, -0.2) is 13.0 Å². The SMILES string of the molecule is O=C(c1ccc(F)cc1)c1ccc(-c2ccc(-c3ccc(C(=O)c4ccc(F)cc4)cc3)c(C(=O)c3ccc(Oc4ccc(S(=O)(O)(O)CC5CC6CCC5C6)cc4)c(CCC4CC5CCC4C5)c3)c2)cc1. The van der Waals surface area contributed by atoms with Gasteiger partial charge < -0.3 is 13.8 Å². The summed E-state index contributed by atoms with van der Waals surface area (Å²) in [6.07, 6.45) is 10.8. The molecule has 7 aromatic rings. The molecule has 0 spiro atoms. The van der Waals surface area contributed by atoms with Crippen LogP contribution in [-0.4, -0.2) is 36.4 Å². The van der Waals surface area contributed by atoms with Crippen LogP contribution in [0.25, 0.3) is 22.3 Å². The maximum atomic E-state index is 15.2. The van der Waals surface area contributed by atoms with E-state index in [1.54, 1.807) is 54.6 Å². The van der Waals surface area contributed by atoms with E-state index in [2.05, 4.69) is 0 Å². The van der Waals surface area contributed by atoms with E-state index in [0.717, 1.165) is 54.7 Å². The number of ketones is 3. The Kier molecular flexibility index (Phi) is 12.6. The van der Waals surface area contributed by atoms with Gasteiger partial charge in [0.1, 0.15) is 32.8 Å². The molecule has 0 aromatic heterocycles. The topological polar surface area (TPSA) is 118 Å². The monoisotopic (exact) mass is 982 g/mol. The van der Waals surface area contributed by atoms with Crippen LogP contribution in [0.1, 0.15) is 111 Å². The van der Waals surface area contributed by atoms with E-state index in [0.29, 0.717) is 86.1 Å². The summed E-state index contributed by atoms with van der Waals surface area (Å²) in [6, 6.07) is 42.2. The molecule has 4 bridgehead atoms. The lowest BCUT2D eigenvalue weighted by atomic mass is 9.84. The summed E-state index contributed by atoms with van der Waals surface area (Å²) in [5, 5.41) is 0. The van der Waals surface area contributed by atoms with Gasteiger partial charge in [0.25, 0.3) is 0 Å². The molecular formula is C62H56F2O7S. The molecule has 4 aliphatic rings. The molecule has 4 aliphatic carbocycles. The van der Waals surface area contributed by atoms with Gasteiger partial charge in [-0.2, -0.15) is 0 Å². The minimum atomic E-state index is -5.09. The fourth-order valence-corrected chi connectivity index (χ4v) is 14.6. The van der Waals surface area contributed by atoms with Crippen molar-refractivity contribution in [2.45, 2.75) is 69.1 Å². The molecule has 4 saturated carbocycles. The zero-order chi connectivity index (χ0) is 49.8. The third-order valence-corrected chi connectivity index (χ3v) is 18.6. The molecule has 6 unspecified atom stereocenters. The fraction of sp³-hybridized carbons (Fsp3) is 0.274. The van der Waals surface area contributed by atoms with Gasteiger partial charge in [-0.3, -0.25) is 14.4 Å². The molecule has 4 fully saturated rings. The highest BCUT2D eigenvalue weighted by Crippen LogP contribution is 2.52. The lowest BCUT2D eigenvalue weighted by Gasteiger charge is -2.36. The van der Waals surface area contributed by atoms with E-state index in [-0.39, 0.29) is 33.9 Å². The fourth-order valence-electron chi connectivity index (χ4n) is 12.5. The predicted octanol–water partition coefficient (Wildman–Crippen LogP) is 14.7. The second-order valence-corrected chi connectivity index (χ2v) is 23.7. The van der Waals surface area contributed by atoms with E-state index in [4.69, 9.17) is 4.74 Å². The quantitative estimate of drug-likeness (QED) is 0.0926. The third kappa shape index (κ3) is 9.80. The molecule has 366 valence electrons. The van der Waals surface area contributed by atoms with E-state index >= 15 is 4.79 Å². The standard InChI is InChI=1S/C62H56F2O7S/c63-53-21-15-44(16-22-53)60(65)42-9-5-40(6-10-42)49-19-29-57(41-7-11-43(12-8-41)61(66)45-17-23-54(64)24-18-45)58(36-49)62(67)51-20-30-59(50(35-51)14-13-47-32-38-1-3-46(47)31-38)71-55-25-27-56(28-26-55)72(68,69,70)37-52-34-39-2-4-48(52)33-39/h5-12,15-30,35-36,38-39,46-48,52H,1-4,13-14,31-34,37H2,(H2,68,69,70). The summed E-state index contributed by atoms with van der Waals surface area (Å²) >= 11 is 0. The molecule has 6 atom stereocenters. The number of fused-ring (bicyclic) bond motifs is 4. The molecule has 2 N–H and O–H groups in total. The van der Waals surface area contributed by atoms with Crippen LogP contribution in [0.2, 0.25) is 0 Å². The van der Waals surface area contributed by atoms with Crippen LogP contribution in [0.15, 0.2) is 163 Å². The number of aryl methyl sites for hydroxylation is 1. The van der Waals surface area contributed by atoms with Gasteiger partial charge in [-0.15, -0.1) is 0 Å². The normalized spacial score (nSPS) is 21.6. The third-order valence-electron chi connectivity index (χ3n) is 16.3. The van der Waals surface area contributed by atoms with Crippen molar-refractivity contribution in [3.05, 3.63) is 208 Å². The minimum Gasteiger partial charge on any atom is -0.457 e. The number of ether oxygens (including phenoxy) is 1. The molecule has 10 heteroatoms. The predicted molar refractivity (Wildman–Crippen MR) is 276 cm³/mol. The highest BCUT2D eigenvalue weighted by Gasteiger charge is 2.46. The zero-order valence-corrected chi connectivity index (χ0v) is 40.7. The Morgan fingerprint density at radius 3 is 1.54 bits per heavy atom. The number of carbonyl (C=O) groups excluding carboxylic acids is 3. The summed E-state index contributed by atoms with van der Waals surface area (Å²) in [5.41, 5.74) is 6.12. The lowest BCUT2D eigenvalue weighted by Crippen LogP contribution is -2.40. The Morgan fingerprint density at radius 1 is 0.514 bits per heavy atom. The van der Waals surface area contributed by atoms with E-state index in [9.17, 15) is 31.7 Å². The maximum Gasteiger partial charge on any atom is 0.193 e. The number of hydrogen-bond donors (Lipinski definition) is 2. The second kappa shape index (κ2) is 19.0. The Balaban J connectivity index is 0.914. The first-order valence-electron chi connectivity index (χ1n) is 25.2. The van der Waals surface area contributed by atoms with Crippen molar-refractivity contribution in [1.82, 2.24) is 0 Å². The Hall–Kier alpha value is -6.72. The first-order chi connectivity index (χ1) is 34.7. The van der Waals surface area contributed by atoms with Crippen molar-refractivity contribution in [2.75, 3.05) is 5.75 Å². The lowest BCUT2D eigenvalue weighted by molar-refractivity contribution is 0.103. The van der Waals surface area contributed by atoms with Crippen LogP contribution in [0, 0.1) is 47.1 Å². The average molecular weight is 983 g/mol. The van der Waals surface area contributed by atoms with Crippen molar-refractivity contribution >= 4 is 27.0 Å². The number of benzene rings is 7. The van der Waals surface area contributed by atoms with Gasteiger partial charge in [0.2, 0.25) is 0 Å². The highest BCUT2D eigenvalue weighted by molar-refractivity contribution is 8.10. The molecule has 0 aliphatic heterocycles. The van der Waals surface area contributed by atoms with Crippen molar-refractivity contribution in [1.29, 1.82) is 0 Å². The molecule has 72 heavy (non-hydrogen) atoms. The number of rotatable bonds is 16. The van der Waals surface area contributed by atoms with Crippen LogP contribution in [-0.2, 0) is 16.0 Å². The molecule has 0 amide bonds. The van der Waals surface area contributed by atoms with Crippen molar-refractivity contribution < 1.29 is 41.2 Å². The second-order valence-electron chi connectivity index (χ2n) is 20.9. The largest absolute Gasteiger partial charge is 0.457 e. The Morgan fingerprint density at radius 2 is 1.01 bits per heavy atom. The van der Waals surface area contributed by atoms with Crippen LogP contribution < -0.4 is 4.74 Å². The van der Waals surface area contributed by atoms with Crippen LogP contribution >= 0.6 is 0 Å². The van der Waals surface area contributed by atoms with Gasteiger partial charge in [0, 0.05) is 33.4 Å². The molecular weight excluding hydrogens is 927 g/mol. The summed E-state index contributed by atoms with van der Waals surface area (Å²) in [6.45, 7) is 0. The molecule has 0 radical (unpaired) electrons. The van der Waals surface area contributed by atoms with Gasteiger partial charge in [0.05, 0.1) is 10.6 Å². The number of halogens is 2. The van der Waals surface area contributed by atoms with Gasteiger partial charge in [-0.05, 0) is 212 Å². The van der Waals surface area contributed by atoms with Gasteiger partial charge in [0.15, 0.2) is 17.3 Å². The Bertz CT molecular complexity index is 3270. The minimum absolute atomic E-state index is 0.0128. The van der Waals surface area contributed by atoms with E-state index in [1.807, 2.05) is 42.5 Å². The summed E-state index contributed by atoms with van der Waals surface area (Å²) in [5.74, 6) is 2.30. The molecule has 0 heterocycles. The van der Waals surface area contributed by atoms with Crippen LogP contribution in [0.4, 0.5) is 8.78 Å². The van der Waals surface area contributed by atoms with Crippen LogP contribution in [0.5, 0.6) is 11.5 Å². The zero-order valence-electron chi connectivity index (χ0n) is 39.9. The number of hydrogen-bond acceptors (Lipinski definition) is 5. The molecule has 7 aromatic carbocycles. The van der Waals surface area contributed by atoms with E-state index < -0.39 is 21.3 Å². The molecule has 7 nitrogen and oxygen atoms in total. The first-order valence-corrected chi connectivity index (χ1v) is 27.3. The summed E-state index contributed by atoms with van der Waals surface area (Å²) < 4.78 is 70.2. The van der Waals surface area contributed by atoms with E-state index in [1.165, 1.54) is 86.3 Å². The smallest absolute Gasteiger partial charge is 0.193 e. The average Bonchev–Trinajstić information content (AvgIpc) is 4.23. The van der Waals surface area contributed by atoms with Gasteiger partial charge in [-0.1, -0.05) is 73.5 Å².